The molecule has 6 nitrogen and oxygen atoms in total. The first-order valence-corrected chi connectivity index (χ1v) is 9.21. The first-order chi connectivity index (χ1) is 13.1. The quantitative estimate of drug-likeness (QED) is 0.595. The molecule has 2 aromatic rings. The molecule has 0 atom stereocenters. The van der Waals surface area contributed by atoms with Gasteiger partial charge in [-0.1, -0.05) is 12.1 Å². The molecule has 0 spiro atoms. The number of carbonyl (C=O) groups excluding carboxylic acids is 2. The van der Waals surface area contributed by atoms with Crippen LogP contribution in [0.4, 0.5) is 5.69 Å². The van der Waals surface area contributed by atoms with Crippen molar-refractivity contribution in [3.8, 4) is 5.75 Å². The molecule has 0 aromatic heterocycles. The Balaban J connectivity index is 1.33. The molecule has 0 bridgehead atoms. The van der Waals surface area contributed by atoms with Crippen molar-refractivity contribution in [1.29, 1.82) is 0 Å². The van der Waals surface area contributed by atoms with Crippen LogP contribution in [0.25, 0.3) is 0 Å². The van der Waals surface area contributed by atoms with Gasteiger partial charge in [0.1, 0.15) is 12.4 Å². The van der Waals surface area contributed by atoms with E-state index >= 15 is 0 Å². The normalized spacial score (nSPS) is 12.9. The Morgan fingerprint density at radius 1 is 1.11 bits per heavy atom. The molecule has 3 rings (SSSR count). The molecule has 2 amide bonds. The smallest absolute Gasteiger partial charge is 0.251 e. The second-order valence-corrected chi connectivity index (χ2v) is 6.69. The first kappa shape index (κ1) is 18.8. The van der Waals surface area contributed by atoms with Crippen LogP contribution in [-0.2, 0) is 4.79 Å². The summed E-state index contributed by atoms with van der Waals surface area (Å²) in [7, 11) is 0. The maximum absolute atomic E-state index is 11.9. The van der Waals surface area contributed by atoms with E-state index in [1.807, 2.05) is 31.2 Å². The van der Waals surface area contributed by atoms with E-state index < -0.39 is 0 Å². The van der Waals surface area contributed by atoms with Gasteiger partial charge in [-0.3, -0.25) is 9.59 Å². The van der Waals surface area contributed by atoms with Gasteiger partial charge >= 0.3 is 0 Å². The fourth-order valence-electron chi connectivity index (χ4n) is 2.55. The van der Waals surface area contributed by atoms with Gasteiger partial charge in [-0.2, -0.15) is 0 Å². The minimum Gasteiger partial charge on any atom is -0.492 e. The van der Waals surface area contributed by atoms with Crippen LogP contribution in [0, 0.1) is 6.92 Å². The van der Waals surface area contributed by atoms with E-state index in [2.05, 4.69) is 16.0 Å². The van der Waals surface area contributed by atoms with E-state index in [1.165, 1.54) is 0 Å². The highest BCUT2D eigenvalue weighted by molar-refractivity contribution is 5.95. The van der Waals surface area contributed by atoms with Crippen molar-refractivity contribution >= 4 is 17.5 Å². The van der Waals surface area contributed by atoms with Gasteiger partial charge < -0.3 is 20.7 Å². The van der Waals surface area contributed by atoms with Crippen molar-refractivity contribution in [2.24, 2.45) is 0 Å². The molecule has 1 aliphatic carbocycles. The SMILES string of the molecule is Cc1cccc(OCCNC(=O)CNc2ccc(C(=O)NC3CC3)cc2)c1. The van der Waals surface area contributed by atoms with Crippen LogP contribution in [0.5, 0.6) is 5.75 Å². The fraction of sp³-hybridized carbons (Fsp3) is 0.333. The zero-order valence-corrected chi connectivity index (χ0v) is 15.5. The number of ether oxygens (including phenoxy) is 1. The summed E-state index contributed by atoms with van der Waals surface area (Å²) in [5.41, 5.74) is 2.56. The highest BCUT2D eigenvalue weighted by atomic mass is 16.5. The van der Waals surface area contributed by atoms with Crippen LogP contribution < -0.4 is 20.7 Å². The summed E-state index contributed by atoms with van der Waals surface area (Å²) in [5.74, 6) is 0.641. The molecule has 3 N–H and O–H groups in total. The predicted octanol–water partition coefficient (Wildman–Crippen LogP) is 2.49. The number of benzene rings is 2. The zero-order chi connectivity index (χ0) is 19.1. The lowest BCUT2D eigenvalue weighted by Crippen LogP contribution is -2.33. The number of rotatable bonds is 9. The maximum Gasteiger partial charge on any atom is 0.251 e. The van der Waals surface area contributed by atoms with Crippen LogP contribution in [0.3, 0.4) is 0 Å². The minimum absolute atomic E-state index is 0.0459. The third-order valence-electron chi connectivity index (χ3n) is 4.20. The number of hydrogen-bond acceptors (Lipinski definition) is 4. The molecule has 0 heterocycles. The average molecular weight is 367 g/mol. The van der Waals surface area contributed by atoms with Crippen LogP contribution in [-0.4, -0.2) is 37.6 Å². The van der Waals surface area contributed by atoms with Gasteiger partial charge in [0.25, 0.3) is 5.91 Å². The van der Waals surface area contributed by atoms with E-state index in [9.17, 15) is 9.59 Å². The molecule has 2 aromatic carbocycles. The number of carbonyl (C=O) groups is 2. The number of aryl methyl sites for hydroxylation is 1. The van der Waals surface area contributed by atoms with Crippen LogP contribution in [0.1, 0.15) is 28.8 Å². The zero-order valence-electron chi connectivity index (χ0n) is 15.5. The van der Waals surface area contributed by atoms with Gasteiger partial charge in [0.2, 0.25) is 5.91 Å². The number of amides is 2. The summed E-state index contributed by atoms with van der Waals surface area (Å²) in [6.45, 7) is 3.03. The van der Waals surface area contributed by atoms with Gasteiger partial charge in [-0.05, 0) is 61.7 Å². The number of nitrogens with one attached hydrogen (secondary N) is 3. The fourth-order valence-corrected chi connectivity index (χ4v) is 2.55. The lowest BCUT2D eigenvalue weighted by molar-refractivity contribution is -0.119. The van der Waals surface area contributed by atoms with Crippen LogP contribution in [0.2, 0.25) is 0 Å². The third-order valence-corrected chi connectivity index (χ3v) is 4.20. The molecule has 6 heteroatoms. The number of anilines is 1. The second-order valence-electron chi connectivity index (χ2n) is 6.69. The van der Waals surface area contributed by atoms with Gasteiger partial charge in [0.05, 0.1) is 13.1 Å². The predicted molar refractivity (Wildman–Crippen MR) is 105 cm³/mol. The molecule has 27 heavy (non-hydrogen) atoms. The molecule has 0 unspecified atom stereocenters. The highest BCUT2D eigenvalue weighted by Gasteiger charge is 2.23. The Kier molecular flexibility index (Phi) is 6.30. The highest BCUT2D eigenvalue weighted by Crippen LogP contribution is 2.19. The third kappa shape index (κ3) is 6.33. The number of hydrogen-bond donors (Lipinski definition) is 3. The van der Waals surface area contributed by atoms with Crippen LogP contribution >= 0.6 is 0 Å². The van der Waals surface area contributed by atoms with E-state index in [0.29, 0.717) is 24.8 Å². The molecule has 142 valence electrons. The van der Waals surface area contributed by atoms with Crippen molar-refractivity contribution in [2.75, 3.05) is 25.0 Å². The Morgan fingerprint density at radius 2 is 1.89 bits per heavy atom. The van der Waals surface area contributed by atoms with Gasteiger partial charge in [-0.15, -0.1) is 0 Å². The monoisotopic (exact) mass is 367 g/mol. The lowest BCUT2D eigenvalue weighted by Gasteiger charge is -2.10. The van der Waals surface area contributed by atoms with E-state index in [1.54, 1.807) is 24.3 Å². The summed E-state index contributed by atoms with van der Waals surface area (Å²) in [5, 5.41) is 8.80. The topological polar surface area (TPSA) is 79.5 Å². The summed E-state index contributed by atoms with van der Waals surface area (Å²) >= 11 is 0. The Bertz CT molecular complexity index is 786. The van der Waals surface area contributed by atoms with Crippen molar-refractivity contribution in [2.45, 2.75) is 25.8 Å². The minimum atomic E-state index is -0.113. The van der Waals surface area contributed by atoms with Crippen molar-refractivity contribution in [1.82, 2.24) is 10.6 Å². The van der Waals surface area contributed by atoms with E-state index in [-0.39, 0.29) is 18.4 Å². The summed E-state index contributed by atoms with van der Waals surface area (Å²) < 4.78 is 5.59. The molecular weight excluding hydrogens is 342 g/mol. The van der Waals surface area contributed by atoms with Crippen molar-refractivity contribution in [3.63, 3.8) is 0 Å². The molecular formula is C21H25N3O3. The molecule has 0 radical (unpaired) electrons. The molecule has 1 aliphatic rings. The second kappa shape index (κ2) is 9.07. The Hall–Kier alpha value is -3.02. The Morgan fingerprint density at radius 3 is 2.59 bits per heavy atom. The first-order valence-electron chi connectivity index (χ1n) is 9.21. The van der Waals surface area contributed by atoms with Crippen molar-refractivity contribution in [3.05, 3.63) is 59.7 Å². The van der Waals surface area contributed by atoms with E-state index in [0.717, 1.165) is 29.8 Å². The average Bonchev–Trinajstić information content (AvgIpc) is 3.48. The van der Waals surface area contributed by atoms with Gasteiger partial charge in [0.15, 0.2) is 0 Å². The standard InChI is InChI=1S/C21H25N3O3/c1-15-3-2-4-19(13-15)27-12-11-22-20(25)14-23-17-7-5-16(6-8-17)21(26)24-18-9-10-18/h2-8,13,18,23H,9-12,14H2,1H3,(H,22,25)(H,24,26). The largest absolute Gasteiger partial charge is 0.492 e. The maximum atomic E-state index is 11.9. The molecule has 1 fully saturated rings. The van der Waals surface area contributed by atoms with Crippen LogP contribution in [0.15, 0.2) is 48.5 Å². The van der Waals surface area contributed by atoms with Gasteiger partial charge in [0, 0.05) is 17.3 Å². The summed E-state index contributed by atoms with van der Waals surface area (Å²) in [6, 6.07) is 15.3. The molecule has 1 saturated carbocycles. The van der Waals surface area contributed by atoms with Crippen molar-refractivity contribution < 1.29 is 14.3 Å². The van der Waals surface area contributed by atoms with E-state index in [4.69, 9.17) is 4.74 Å². The van der Waals surface area contributed by atoms with Gasteiger partial charge in [-0.25, -0.2) is 0 Å². The summed E-state index contributed by atoms with van der Waals surface area (Å²) in [4.78, 5) is 23.8. The molecule has 0 saturated heterocycles. The molecule has 0 aliphatic heterocycles. The Labute approximate surface area is 159 Å². The summed E-state index contributed by atoms with van der Waals surface area (Å²) in [6.07, 6.45) is 2.13. The lowest BCUT2D eigenvalue weighted by atomic mass is 10.2.